The van der Waals surface area contributed by atoms with Gasteiger partial charge >= 0.3 is 0 Å². The smallest absolute Gasteiger partial charge is 0.0142 e. The summed E-state index contributed by atoms with van der Waals surface area (Å²) < 4.78 is 0. The fourth-order valence-corrected chi connectivity index (χ4v) is 3.62. The van der Waals surface area contributed by atoms with E-state index in [0.717, 1.165) is 0 Å². The van der Waals surface area contributed by atoms with Gasteiger partial charge in [0.1, 0.15) is 0 Å². The Morgan fingerprint density at radius 2 is 1.69 bits per heavy atom. The minimum Gasteiger partial charge on any atom is -0.0987 e. The van der Waals surface area contributed by atoms with Gasteiger partial charge in [-0.1, -0.05) is 50.4 Å². The molecule has 0 N–H and O–H groups in total. The van der Waals surface area contributed by atoms with Crippen LogP contribution >= 0.6 is 7.92 Å². The highest BCUT2D eigenvalue weighted by atomic mass is 31.1. The van der Waals surface area contributed by atoms with Crippen LogP contribution in [0.15, 0.2) is 42.5 Å². The maximum absolute atomic E-state index is 2.34. The van der Waals surface area contributed by atoms with E-state index < -0.39 is 0 Å². The molecule has 2 rings (SSSR count). The van der Waals surface area contributed by atoms with Crippen LogP contribution in [0.25, 0.3) is 0 Å². The van der Waals surface area contributed by atoms with Crippen molar-refractivity contribution in [3.8, 4) is 0 Å². The van der Waals surface area contributed by atoms with Crippen molar-refractivity contribution in [3.05, 3.63) is 48.0 Å². The Bertz CT molecular complexity index is 268. The third-order valence-electron chi connectivity index (χ3n) is 2.45. The van der Waals surface area contributed by atoms with E-state index in [4.69, 9.17) is 0 Å². The zero-order valence-corrected chi connectivity index (χ0v) is 8.71. The molecule has 0 unspecified atom stereocenters. The van der Waals surface area contributed by atoms with Gasteiger partial charge in [-0.05, 0) is 30.5 Å². The average Bonchev–Trinajstić information content (AvgIpc) is 2.69. The summed E-state index contributed by atoms with van der Waals surface area (Å²) in [5, 5.41) is 0. The molecule has 0 fully saturated rings. The molecule has 68 valence electrons. The Morgan fingerprint density at radius 3 is 2.38 bits per heavy atom. The fourth-order valence-electron chi connectivity index (χ4n) is 1.64. The normalized spacial score (nSPS) is 16.6. The molecule has 0 amide bonds. The molecule has 0 aromatic heterocycles. The summed E-state index contributed by atoms with van der Waals surface area (Å²) in [5.41, 5.74) is 1.50. The second-order valence-corrected chi connectivity index (χ2v) is 5.99. The Balaban J connectivity index is 1.80. The van der Waals surface area contributed by atoms with E-state index in [1.807, 2.05) is 0 Å². The molecule has 1 aromatic carbocycles. The Hall–Kier alpha value is -0.610. The van der Waals surface area contributed by atoms with Crippen LogP contribution in [-0.2, 0) is 6.42 Å². The van der Waals surface area contributed by atoms with E-state index >= 15 is 0 Å². The molecular weight excluding hydrogens is 175 g/mol. The lowest BCUT2D eigenvalue weighted by atomic mass is 10.2. The lowest BCUT2D eigenvalue weighted by molar-refractivity contribution is 1.14. The van der Waals surface area contributed by atoms with Gasteiger partial charge in [0.2, 0.25) is 0 Å². The van der Waals surface area contributed by atoms with Crippen LogP contribution in [-0.4, -0.2) is 18.5 Å². The molecule has 13 heavy (non-hydrogen) atoms. The summed E-state index contributed by atoms with van der Waals surface area (Å²) in [6.07, 6.45) is 10.1. The highest BCUT2D eigenvalue weighted by Crippen LogP contribution is 2.39. The standard InChI is InChI=1S/C12H15P/c1-2-6-12(7-3-1)8-11-13-9-4-5-10-13/h1-7H,8-11H2. The predicted octanol–water partition coefficient (Wildman–Crippen LogP) is 3.28. The van der Waals surface area contributed by atoms with Crippen molar-refractivity contribution in [2.45, 2.75) is 6.42 Å². The van der Waals surface area contributed by atoms with Gasteiger partial charge < -0.3 is 0 Å². The van der Waals surface area contributed by atoms with Crippen molar-refractivity contribution in [3.63, 3.8) is 0 Å². The number of rotatable bonds is 3. The zero-order chi connectivity index (χ0) is 8.93. The van der Waals surface area contributed by atoms with Crippen LogP contribution in [0.4, 0.5) is 0 Å². The third kappa shape index (κ3) is 2.67. The predicted molar refractivity (Wildman–Crippen MR) is 60.8 cm³/mol. The van der Waals surface area contributed by atoms with Gasteiger partial charge in [0.25, 0.3) is 0 Å². The van der Waals surface area contributed by atoms with Crippen molar-refractivity contribution in [1.82, 2.24) is 0 Å². The van der Waals surface area contributed by atoms with Gasteiger partial charge in [0.15, 0.2) is 0 Å². The van der Waals surface area contributed by atoms with Crippen molar-refractivity contribution in [2.75, 3.05) is 18.5 Å². The molecule has 0 saturated heterocycles. The van der Waals surface area contributed by atoms with Crippen LogP contribution in [0.2, 0.25) is 0 Å². The number of benzene rings is 1. The number of hydrogen-bond acceptors (Lipinski definition) is 0. The molecule has 0 saturated carbocycles. The lowest BCUT2D eigenvalue weighted by Gasteiger charge is -2.08. The molecule has 1 aromatic rings. The molecule has 1 heteroatoms. The second-order valence-electron chi connectivity index (χ2n) is 3.47. The summed E-state index contributed by atoms with van der Waals surface area (Å²) in [4.78, 5) is 0. The first-order valence-electron chi connectivity index (χ1n) is 4.86. The summed E-state index contributed by atoms with van der Waals surface area (Å²) in [6.45, 7) is 0. The Kier molecular flexibility index (Phi) is 3.16. The molecule has 0 aliphatic carbocycles. The van der Waals surface area contributed by atoms with Gasteiger partial charge in [-0.3, -0.25) is 0 Å². The van der Waals surface area contributed by atoms with Gasteiger partial charge in [-0.25, -0.2) is 0 Å². The van der Waals surface area contributed by atoms with Crippen LogP contribution in [0.1, 0.15) is 5.56 Å². The molecule has 1 aliphatic heterocycles. The monoisotopic (exact) mass is 190 g/mol. The van der Waals surface area contributed by atoms with Gasteiger partial charge in [-0.2, -0.15) is 0 Å². The first-order valence-corrected chi connectivity index (χ1v) is 6.76. The lowest BCUT2D eigenvalue weighted by Crippen LogP contribution is -1.92. The Labute approximate surface area is 81.4 Å². The molecule has 1 heterocycles. The largest absolute Gasteiger partial charge is 0.0987 e. The van der Waals surface area contributed by atoms with E-state index in [-0.39, 0.29) is 0 Å². The molecule has 0 radical (unpaired) electrons. The highest BCUT2D eigenvalue weighted by Gasteiger charge is 2.08. The van der Waals surface area contributed by atoms with E-state index in [1.165, 1.54) is 30.5 Å². The van der Waals surface area contributed by atoms with Crippen LogP contribution in [0, 0.1) is 0 Å². The summed E-state index contributed by atoms with van der Waals surface area (Å²) >= 11 is 0. The quantitative estimate of drug-likeness (QED) is 0.507. The van der Waals surface area contributed by atoms with Gasteiger partial charge in [-0.15, -0.1) is 0 Å². The highest BCUT2D eigenvalue weighted by molar-refractivity contribution is 7.58. The van der Waals surface area contributed by atoms with Gasteiger partial charge in [0, 0.05) is 0 Å². The summed E-state index contributed by atoms with van der Waals surface area (Å²) in [6, 6.07) is 10.8. The molecule has 0 spiro atoms. The first kappa shape index (κ1) is 8.97. The summed E-state index contributed by atoms with van der Waals surface area (Å²) in [7, 11) is 0.320. The fraction of sp³-hybridized carbons (Fsp3) is 0.333. The van der Waals surface area contributed by atoms with E-state index in [0.29, 0.717) is 7.92 Å². The SMILES string of the molecule is C1=CCP(CCc2ccccc2)C1. The topological polar surface area (TPSA) is 0 Å². The van der Waals surface area contributed by atoms with Crippen molar-refractivity contribution in [2.24, 2.45) is 0 Å². The maximum atomic E-state index is 2.34. The van der Waals surface area contributed by atoms with Crippen LogP contribution < -0.4 is 0 Å². The molecule has 0 nitrogen and oxygen atoms in total. The minimum atomic E-state index is 0.320. The zero-order valence-electron chi connectivity index (χ0n) is 7.82. The van der Waals surface area contributed by atoms with Crippen molar-refractivity contribution >= 4 is 7.92 Å². The van der Waals surface area contributed by atoms with E-state index in [9.17, 15) is 0 Å². The number of allylic oxidation sites excluding steroid dienone is 2. The number of aryl methyl sites for hydroxylation is 1. The Morgan fingerprint density at radius 1 is 1.00 bits per heavy atom. The molecule has 0 atom stereocenters. The molecular formula is C12H15P. The second kappa shape index (κ2) is 4.58. The van der Waals surface area contributed by atoms with Gasteiger partial charge in [0.05, 0.1) is 0 Å². The maximum Gasteiger partial charge on any atom is -0.0142 e. The third-order valence-corrected chi connectivity index (χ3v) is 4.76. The van der Waals surface area contributed by atoms with E-state index in [2.05, 4.69) is 42.5 Å². The van der Waals surface area contributed by atoms with E-state index in [1.54, 1.807) is 0 Å². The van der Waals surface area contributed by atoms with Crippen LogP contribution in [0.5, 0.6) is 0 Å². The summed E-state index contributed by atoms with van der Waals surface area (Å²) in [5.74, 6) is 0. The van der Waals surface area contributed by atoms with Crippen molar-refractivity contribution in [1.29, 1.82) is 0 Å². The molecule has 1 aliphatic rings. The first-order chi connectivity index (χ1) is 6.45. The van der Waals surface area contributed by atoms with Crippen LogP contribution in [0.3, 0.4) is 0 Å². The number of hydrogen-bond donors (Lipinski definition) is 0. The molecule has 0 bridgehead atoms. The van der Waals surface area contributed by atoms with Crippen molar-refractivity contribution < 1.29 is 0 Å². The minimum absolute atomic E-state index is 0.320. The average molecular weight is 190 g/mol.